The van der Waals surface area contributed by atoms with Crippen LogP contribution in [0.3, 0.4) is 0 Å². The van der Waals surface area contributed by atoms with Gasteiger partial charge in [-0.15, -0.1) is 0 Å². The van der Waals surface area contributed by atoms with E-state index >= 15 is 0 Å². The number of fused-ring (bicyclic) bond motifs is 2. The number of nitrogens with zero attached hydrogens (tertiary/aromatic N) is 5. The Bertz CT molecular complexity index is 1400. The van der Waals surface area contributed by atoms with Crippen LogP contribution in [-0.4, -0.2) is 24.3 Å². The number of imidazole rings is 1. The van der Waals surface area contributed by atoms with Gasteiger partial charge in [-0.25, -0.2) is 15.0 Å². The first kappa shape index (κ1) is 18.0. The first-order valence-electron chi connectivity index (χ1n) is 10.7. The van der Waals surface area contributed by atoms with Crippen molar-refractivity contribution in [2.75, 3.05) is 5.32 Å². The molecule has 31 heavy (non-hydrogen) atoms. The van der Waals surface area contributed by atoms with Crippen molar-refractivity contribution in [2.45, 2.75) is 32.1 Å². The fourth-order valence-corrected chi connectivity index (χ4v) is 4.27. The minimum absolute atomic E-state index is 0.565. The van der Waals surface area contributed by atoms with Crippen LogP contribution in [0.15, 0.2) is 67.3 Å². The molecule has 6 heteroatoms. The zero-order valence-corrected chi connectivity index (χ0v) is 17.3. The van der Waals surface area contributed by atoms with Crippen molar-refractivity contribution < 1.29 is 0 Å². The molecule has 0 unspecified atom stereocenters. The largest absolute Gasteiger partial charge is 0.338 e. The Balaban J connectivity index is 1.39. The summed E-state index contributed by atoms with van der Waals surface area (Å²) in [6.45, 7) is 2.11. The second-order valence-corrected chi connectivity index (χ2v) is 8.17. The first-order chi connectivity index (χ1) is 15.3. The summed E-state index contributed by atoms with van der Waals surface area (Å²) in [7, 11) is 0. The fraction of sp³-hybridized carbons (Fsp3) is 0.200. The van der Waals surface area contributed by atoms with Gasteiger partial charge < -0.3 is 5.32 Å². The van der Waals surface area contributed by atoms with E-state index in [1.54, 1.807) is 6.20 Å². The van der Waals surface area contributed by atoms with Crippen LogP contribution in [0.4, 0.5) is 11.5 Å². The van der Waals surface area contributed by atoms with E-state index in [4.69, 9.17) is 4.98 Å². The van der Waals surface area contributed by atoms with Crippen LogP contribution in [0.5, 0.6) is 0 Å². The summed E-state index contributed by atoms with van der Waals surface area (Å²) in [6.07, 6.45) is 11.3. The van der Waals surface area contributed by atoms with E-state index < -0.39 is 0 Å². The van der Waals surface area contributed by atoms with Gasteiger partial charge in [0.05, 0.1) is 23.1 Å². The molecule has 6 rings (SSSR count). The fourth-order valence-electron chi connectivity index (χ4n) is 4.27. The number of aryl methyl sites for hydroxylation is 1. The molecule has 4 heterocycles. The van der Waals surface area contributed by atoms with Gasteiger partial charge in [-0.1, -0.05) is 18.6 Å². The average Bonchev–Trinajstić information content (AvgIpc) is 3.18. The SMILES string of the molecule is Cc1cc(-c2ccccn2)nc2cc(Nc3nccn4c(C5CCC5)ncc34)ccc12. The zero-order valence-electron chi connectivity index (χ0n) is 17.3. The highest BCUT2D eigenvalue weighted by Gasteiger charge is 2.24. The zero-order chi connectivity index (χ0) is 20.8. The molecule has 1 aromatic carbocycles. The van der Waals surface area contributed by atoms with Crippen molar-refractivity contribution >= 4 is 27.9 Å². The standard InChI is InChI=1S/C25H22N6/c1-16-13-22(20-7-2-3-10-26-20)30-21-14-18(8-9-19(16)21)29-24-23-15-28-25(17-5-4-6-17)31(23)12-11-27-24/h2-3,7-15,17H,4-6H2,1H3,(H,27,29). The molecule has 0 radical (unpaired) electrons. The van der Waals surface area contributed by atoms with E-state index in [9.17, 15) is 0 Å². The minimum Gasteiger partial charge on any atom is -0.338 e. The number of hydrogen-bond acceptors (Lipinski definition) is 5. The van der Waals surface area contributed by atoms with E-state index in [1.807, 2.05) is 36.8 Å². The summed E-state index contributed by atoms with van der Waals surface area (Å²) in [5.41, 5.74) is 5.81. The Labute approximate surface area is 180 Å². The Hall–Kier alpha value is -3.80. The third-order valence-corrected chi connectivity index (χ3v) is 6.16. The Morgan fingerprint density at radius 1 is 0.968 bits per heavy atom. The Morgan fingerprint density at radius 2 is 1.90 bits per heavy atom. The number of pyridine rings is 2. The number of aromatic nitrogens is 5. The molecule has 1 N–H and O–H groups in total. The van der Waals surface area contributed by atoms with E-state index in [0.29, 0.717) is 5.92 Å². The number of anilines is 2. The van der Waals surface area contributed by atoms with Crippen LogP contribution in [0.1, 0.15) is 36.6 Å². The second-order valence-electron chi connectivity index (χ2n) is 8.17. The maximum absolute atomic E-state index is 4.88. The predicted octanol–water partition coefficient (Wildman–Crippen LogP) is 5.66. The van der Waals surface area contributed by atoms with E-state index in [-0.39, 0.29) is 0 Å². The Kier molecular flexibility index (Phi) is 4.16. The molecular formula is C25H22N6. The number of nitrogens with one attached hydrogen (secondary N) is 1. The van der Waals surface area contributed by atoms with Gasteiger partial charge in [0.2, 0.25) is 0 Å². The summed E-state index contributed by atoms with van der Waals surface area (Å²) >= 11 is 0. The van der Waals surface area contributed by atoms with Gasteiger partial charge in [0, 0.05) is 35.6 Å². The van der Waals surface area contributed by atoms with Gasteiger partial charge in [0.15, 0.2) is 5.82 Å². The lowest BCUT2D eigenvalue weighted by Crippen LogP contribution is -2.12. The van der Waals surface area contributed by atoms with Gasteiger partial charge >= 0.3 is 0 Å². The van der Waals surface area contributed by atoms with Crippen molar-refractivity contribution in [1.29, 1.82) is 0 Å². The van der Waals surface area contributed by atoms with Gasteiger partial charge in [0.25, 0.3) is 0 Å². The molecule has 0 aliphatic heterocycles. The molecule has 0 amide bonds. The molecule has 0 saturated heterocycles. The number of hydrogen-bond donors (Lipinski definition) is 1. The molecule has 1 saturated carbocycles. The molecule has 0 bridgehead atoms. The summed E-state index contributed by atoms with van der Waals surface area (Å²) in [4.78, 5) is 18.6. The summed E-state index contributed by atoms with van der Waals surface area (Å²) in [6, 6.07) is 14.2. The van der Waals surface area contributed by atoms with Crippen molar-refractivity contribution in [3.8, 4) is 11.4 Å². The average molecular weight is 406 g/mol. The molecule has 0 atom stereocenters. The van der Waals surface area contributed by atoms with Gasteiger partial charge in [-0.3, -0.25) is 9.38 Å². The third kappa shape index (κ3) is 3.11. The van der Waals surface area contributed by atoms with Gasteiger partial charge in [-0.05, 0) is 55.7 Å². The second kappa shape index (κ2) is 7.16. The summed E-state index contributed by atoms with van der Waals surface area (Å²) in [5, 5.41) is 4.61. The minimum atomic E-state index is 0.565. The molecule has 1 fully saturated rings. The van der Waals surface area contributed by atoms with Crippen LogP contribution in [0.25, 0.3) is 27.8 Å². The molecule has 5 aromatic rings. The topological polar surface area (TPSA) is 68.0 Å². The molecule has 1 aliphatic carbocycles. The number of rotatable bonds is 4. The van der Waals surface area contributed by atoms with E-state index in [2.05, 4.69) is 55.9 Å². The molecule has 4 aromatic heterocycles. The van der Waals surface area contributed by atoms with Gasteiger partial charge in [0.1, 0.15) is 11.3 Å². The van der Waals surface area contributed by atoms with Crippen molar-refractivity contribution in [1.82, 2.24) is 24.3 Å². The summed E-state index contributed by atoms with van der Waals surface area (Å²) in [5.74, 6) is 2.51. The molecule has 0 spiro atoms. The lowest BCUT2D eigenvalue weighted by atomic mass is 9.85. The number of benzene rings is 1. The summed E-state index contributed by atoms with van der Waals surface area (Å²) < 4.78 is 2.17. The van der Waals surface area contributed by atoms with Crippen molar-refractivity contribution in [3.05, 3.63) is 78.6 Å². The lowest BCUT2D eigenvalue weighted by Gasteiger charge is -2.24. The smallest absolute Gasteiger partial charge is 0.156 e. The highest BCUT2D eigenvalue weighted by molar-refractivity contribution is 5.88. The maximum Gasteiger partial charge on any atom is 0.156 e. The van der Waals surface area contributed by atoms with E-state index in [1.165, 1.54) is 24.8 Å². The Morgan fingerprint density at radius 3 is 2.71 bits per heavy atom. The van der Waals surface area contributed by atoms with Crippen LogP contribution in [0.2, 0.25) is 0 Å². The van der Waals surface area contributed by atoms with Crippen LogP contribution < -0.4 is 5.32 Å². The highest BCUT2D eigenvalue weighted by Crippen LogP contribution is 2.36. The van der Waals surface area contributed by atoms with Crippen LogP contribution >= 0.6 is 0 Å². The van der Waals surface area contributed by atoms with Gasteiger partial charge in [-0.2, -0.15) is 0 Å². The maximum atomic E-state index is 4.88. The highest BCUT2D eigenvalue weighted by atomic mass is 15.1. The third-order valence-electron chi connectivity index (χ3n) is 6.16. The monoisotopic (exact) mass is 406 g/mol. The van der Waals surface area contributed by atoms with E-state index in [0.717, 1.165) is 45.1 Å². The normalized spacial score (nSPS) is 14.1. The van der Waals surface area contributed by atoms with Crippen molar-refractivity contribution in [2.24, 2.45) is 0 Å². The molecular weight excluding hydrogens is 384 g/mol. The predicted molar refractivity (Wildman–Crippen MR) is 123 cm³/mol. The quantitative estimate of drug-likeness (QED) is 0.417. The lowest BCUT2D eigenvalue weighted by molar-refractivity contribution is 0.400. The van der Waals surface area contributed by atoms with Crippen molar-refractivity contribution in [3.63, 3.8) is 0 Å². The first-order valence-corrected chi connectivity index (χ1v) is 10.7. The molecule has 1 aliphatic rings. The van der Waals surface area contributed by atoms with Crippen LogP contribution in [-0.2, 0) is 0 Å². The van der Waals surface area contributed by atoms with Crippen LogP contribution in [0, 0.1) is 6.92 Å². The molecule has 152 valence electrons. The molecule has 6 nitrogen and oxygen atoms in total.